The van der Waals surface area contributed by atoms with Gasteiger partial charge in [-0.1, -0.05) is 13.8 Å². The van der Waals surface area contributed by atoms with Crippen molar-refractivity contribution in [2.24, 2.45) is 11.8 Å². The van der Waals surface area contributed by atoms with Crippen LogP contribution in [0.25, 0.3) is 0 Å². The number of carbonyl (C=O) groups is 1. The minimum atomic E-state index is -0.537. The molecule has 4 rings (SSSR count). The maximum atomic E-state index is 12.5. The van der Waals surface area contributed by atoms with Gasteiger partial charge in [-0.25, -0.2) is 0 Å². The Kier molecular flexibility index (Phi) is 5.45. The molecule has 4 bridgehead atoms. The average molecular weight is 356 g/mol. The summed E-state index contributed by atoms with van der Waals surface area (Å²) in [4.78, 5) is 12.5. The zero-order valence-corrected chi connectivity index (χ0v) is 15.5. The van der Waals surface area contributed by atoms with Crippen LogP contribution in [0.1, 0.15) is 58.8 Å². The molecule has 3 unspecified atom stereocenters. The maximum Gasteiger partial charge on any atom is 0.309 e. The van der Waals surface area contributed by atoms with Crippen molar-refractivity contribution in [3.8, 4) is 0 Å². The summed E-state index contributed by atoms with van der Waals surface area (Å²) in [5, 5.41) is 18.4. The molecular weight excluding hydrogens is 324 g/mol. The van der Waals surface area contributed by atoms with Gasteiger partial charge < -0.3 is 24.4 Å². The molecule has 25 heavy (non-hydrogen) atoms. The van der Waals surface area contributed by atoms with Gasteiger partial charge in [0.05, 0.1) is 43.5 Å². The van der Waals surface area contributed by atoms with Crippen molar-refractivity contribution in [2.75, 3.05) is 26.4 Å². The van der Waals surface area contributed by atoms with Gasteiger partial charge in [0.1, 0.15) is 5.60 Å². The van der Waals surface area contributed by atoms with E-state index in [-0.39, 0.29) is 38.3 Å². The Labute approximate surface area is 149 Å². The third kappa shape index (κ3) is 3.72. The highest BCUT2D eigenvalue weighted by Crippen LogP contribution is 2.63. The summed E-state index contributed by atoms with van der Waals surface area (Å²) < 4.78 is 18.3. The number of aliphatic hydroxyl groups excluding tert-OH is 2. The summed E-state index contributed by atoms with van der Waals surface area (Å²) in [6, 6.07) is 0. The highest BCUT2D eigenvalue weighted by molar-refractivity contribution is 5.72. The third-order valence-electron chi connectivity index (χ3n) is 6.25. The minimum absolute atomic E-state index is 0.0173. The molecule has 6 nitrogen and oxygen atoms in total. The highest BCUT2D eigenvalue weighted by atomic mass is 16.6. The third-order valence-corrected chi connectivity index (χ3v) is 6.25. The summed E-state index contributed by atoms with van der Waals surface area (Å²) in [6.45, 7) is 4.44. The molecule has 0 aromatic rings. The van der Waals surface area contributed by atoms with Crippen LogP contribution in [0, 0.1) is 11.8 Å². The van der Waals surface area contributed by atoms with Gasteiger partial charge in [0.25, 0.3) is 0 Å². The van der Waals surface area contributed by atoms with Gasteiger partial charge >= 0.3 is 5.97 Å². The van der Waals surface area contributed by atoms with E-state index in [0.29, 0.717) is 18.8 Å². The van der Waals surface area contributed by atoms with Gasteiger partial charge in [-0.3, -0.25) is 4.79 Å². The molecule has 4 fully saturated rings. The van der Waals surface area contributed by atoms with Crippen LogP contribution < -0.4 is 0 Å². The molecule has 0 saturated heterocycles. The lowest BCUT2D eigenvalue weighted by Crippen LogP contribution is -2.68. The molecule has 3 atom stereocenters. The predicted octanol–water partition coefficient (Wildman–Crippen LogP) is 1.81. The molecule has 4 saturated carbocycles. The Morgan fingerprint density at radius 2 is 1.48 bits per heavy atom. The van der Waals surface area contributed by atoms with Crippen molar-refractivity contribution < 1.29 is 29.2 Å². The predicted molar refractivity (Wildman–Crippen MR) is 91.0 cm³/mol. The van der Waals surface area contributed by atoms with Crippen molar-refractivity contribution in [2.45, 2.75) is 75.6 Å². The van der Waals surface area contributed by atoms with E-state index in [1.807, 2.05) is 13.8 Å². The van der Waals surface area contributed by atoms with E-state index in [1.165, 1.54) is 0 Å². The van der Waals surface area contributed by atoms with Gasteiger partial charge in [-0.2, -0.15) is 0 Å². The van der Waals surface area contributed by atoms with Crippen molar-refractivity contribution >= 4 is 5.97 Å². The molecule has 0 amide bonds. The second kappa shape index (κ2) is 7.14. The lowest BCUT2D eigenvalue weighted by Gasteiger charge is -2.64. The Morgan fingerprint density at radius 3 is 1.96 bits per heavy atom. The molecule has 4 aliphatic carbocycles. The molecule has 0 aromatic heterocycles. The number of ether oxygens (including phenoxy) is 3. The van der Waals surface area contributed by atoms with Gasteiger partial charge in [0, 0.05) is 19.3 Å². The lowest BCUT2D eigenvalue weighted by atomic mass is 9.50. The first-order valence-corrected chi connectivity index (χ1v) is 9.62. The average Bonchev–Trinajstić information content (AvgIpc) is 2.56. The molecule has 144 valence electrons. The van der Waals surface area contributed by atoms with E-state index >= 15 is 0 Å². The largest absolute Gasteiger partial charge is 0.459 e. The zero-order valence-electron chi connectivity index (χ0n) is 15.5. The van der Waals surface area contributed by atoms with Crippen molar-refractivity contribution in [3.63, 3.8) is 0 Å². The monoisotopic (exact) mass is 356 g/mol. The molecule has 0 aromatic carbocycles. The first kappa shape index (κ1) is 19.1. The van der Waals surface area contributed by atoms with Gasteiger partial charge in [-0.15, -0.1) is 0 Å². The van der Waals surface area contributed by atoms with Gasteiger partial charge in [0.2, 0.25) is 0 Å². The van der Waals surface area contributed by atoms with Crippen molar-refractivity contribution in [1.82, 2.24) is 0 Å². The van der Waals surface area contributed by atoms with E-state index in [1.54, 1.807) is 0 Å². The smallest absolute Gasteiger partial charge is 0.309 e. The van der Waals surface area contributed by atoms with Crippen LogP contribution in [-0.2, 0) is 19.0 Å². The Bertz CT molecular complexity index is 468. The molecule has 2 N–H and O–H groups in total. The van der Waals surface area contributed by atoms with Crippen LogP contribution in [0.15, 0.2) is 0 Å². The SMILES string of the molecule is CCC(C)C(=O)OC12CC3CC(OCCO)(CC(OCCO)(C3)C1)C2. The fourth-order valence-electron chi connectivity index (χ4n) is 5.62. The Hall–Kier alpha value is -0.690. The van der Waals surface area contributed by atoms with Crippen molar-refractivity contribution in [1.29, 1.82) is 0 Å². The van der Waals surface area contributed by atoms with Crippen LogP contribution >= 0.6 is 0 Å². The molecule has 6 heteroatoms. The second-order valence-electron chi connectivity index (χ2n) is 8.43. The number of carbonyl (C=O) groups excluding carboxylic acids is 1. The van der Waals surface area contributed by atoms with Crippen LogP contribution in [0.3, 0.4) is 0 Å². The summed E-state index contributed by atoms with van der Waals surface area (Å²) in [5.74, 6) is 0.133. The number of aliphatic hydroxyl groups is 2. The molecule has 0 radical (unpaired) electrons. The second-order valence-corrected chi connectivity index (χ2v) is 8.43. The van der Waals surface area contributed by atoms with E-state index in [0.717, 1.165) is 32.1 Å². The number of esters is 1. The summed E-state index contributed by atoms with van der Waals surface area (Å²) >= 11 is 0. The summed E-state index contributed by atoms with van der Waals surface area (Å²) in [7, 11) is 0. The minimum Gasteiger partial charge on any atom is -0.459 e. The van der Waals surface area contributed by atoms with Gasteiger partial charge in [0.15, 0.2) is 0 Å². The van der Waals surface area contributed by atoms with Crippen LogP contribution in [0.2, 0.25) is 0 Å². The molecule has 4 aliphatic rings. The van der Waals surface area contributed by atoms with E-state index in [2.05, 4.69) is 0 Å². The fraction of sp³-hybridized carbons (Fsp3) is 0.947. The van der Waals surface area contributed by atoms with E-state index in [4.69, 9.17) is 14.2 Å². The molecule has 0 spiro atoms. The van der Waals surface area contributed by atoms with Crippen LogP contribution in [-0.4, -0.2) is 59.4 Å². The standard InChI is InChI=1S/C19H32O6/c1-3-14(2)16(22)25-19-10-15-8-17(12-19,23-6-4-20)11-18(9-15,13-19)24-7-5-21/h14-15,20-21H,3-13H2,1-2H3. The molecule has 0 heterocycles. The number of rotatable bonds is 9. The highest BCUT2D eigenvalue weighted by Gasteiger charge is 2.66. The Balaban J connectivity index is 1.85. The molecular formula is C19H32O6. The van der Waals surface area contributed by atoms with E-state index < -0.39 is 16.8 Å². The summed E-state index contributed by atoms with van der Waals surface area (Å²) in [5.41, 5.74) is -1.33. The zero-order chi connectivity index (χ0) is 18.1. The van der Waals surface area contributed by atoms with Crippen molar-refractivity contribution in [3.05, 3.63) is 0 Å². The number of hydrogen-bond acceptors (Lipinski definition) is 6. The van der Waals surface area contributed by atoms with Crippen LogP contribution in [0.5, 0.6) is 0 Å². The maximum absolute atomic E-state index is 12.5. The normalized spacial score (nSPS) is 40.2. The Morgan fingerprint density at radius 1 is 1.00 bits per heavy atom. The molecule has 0 aliphatic heterocycles. The quantitative estimate of drug-likeness (QED) is 0.613. The summed E-state index contributed by atoms with van der Waals surface area (Å²) in [6.07, 6.45) is 5.60. The van der Waals surface area contributed by atoms with Gasteiger partial charge in [-0.05, 0) is 31.6 Å². The topological polar surface area (TPSA) is 85.2 Å². The first-order chi connectivity index (χ1) is 11.9. The number of hydrogen-bond donors (Lipinski definition) is 2. The van der Waals surface area contributed by atoms with E-state index in [9.17, 15) is 15.0 Å². The lowest BCUT2D eigenvalue weighted by molar-refractivity contribution is -0.287. The fourth-order valence-corrected chi connectivity index (χ4v) is 5.62. The first-order valence-electron chi connectivity index (χ1n) is 9.62. The van der Waals surface area contributed by atoms with Crippen LogP contribution in [0.4, 0.5) is 0 Å².